The van der Waals surface area contributed by atoms with Gasteiger partial charge in [0.05, 0.1) is 17.7 Å². The second kappa shape index (κ2) is 9.84. The number of hydrogen-bond donors (Lipinski definition) is 1. The van der Waals surface area contributed by atoms with E-state index in [0.717, 1.165) is 18.2 Å². The Morgan fingerprint density at radius 1 is 1.13 bits per heavy atom. The topological polar surface area (TPSA) is 64.6 Å². The lowest BCUT2D eigenvalue weighted by molar-refractivity contribution is -0.144. The molecule has 2 aromatic rings. The zero-order valence-corrected chi connectivity index (χ0v) is 17.3. The van der Waals surface area contributed by atoms with Gasteiger partial charge in [-0.25, -0.2) is 4.79 Å². The van der Waals surface area contributed by atoms with Crippen LogP contribution in [0.2, 0.25) is 5.02 Å². The summed E-state index contributed by atoms with van der Waals surface area (Å²) in [6.45, 7) is 3.54. The summed E-state index contributed by atoms with van der Waals surface area (Å²) >= 11 is 5.88. The average Bonchev–Trinajstić information content (AvgIpc) is 2.69. The highest BCUT2D eigenvalue weighted by Crippen LogP contribution is 2.34. The Kier molecular flexibility index (Phi) is 7.72. The molecule has 162 valence electrons. The predicted molar refractivity (Wildman–Crippen MR) is 105 cm³/mol. The standard InChI is InChI=1S/C21H21ClF3NO4/c1-12(2)18(20(28)29-3)26-19(27)14-6-4-5-13(9-14)11-30-17-8-7-15(10-16(17)22)21(23,24)25/h4-10,12,18H,11H2,1-3H3,(H,26,27)/t18-/m0/s1. The number of methoxy groups -OCH3 is 1. The fourth-order valence-electron chi connectivity index (χ4n) is 2.61. The van der Waals surface area contributed by atoms with Crippen LogP contribution in [0, 0.1) is 5.92 Å². The summed E-state index contributed by atoms with van der Waals surface area (Å²) in [5, 5.41) is 2.46. The van der Waals surface area contributed by atoms with Crippen molar-refractivity contribution in [2.75, 3.05) is 7.11 Å². The van der Waals surface area contributed by atoms with Gasteiger partial charge >= 0.3 is 12.1 Å². The molecule has 0 aliphatic carbocycles. The fourth-order valence-corrected chi connectivity index (χ4v) is 2.84. The van der Waals surface area contributed by atoms with E-state index in [1.54, 1.807) is 38.1 Å². The van der Waals surface area contributed by atoms with E-state index in [4.69, 9.17) is 21.1 Å². The van der Waals surface area contributed by atoms with E-state index in [0.29, 0.717) is 11.1 Å². The zero-order chi connectivity index (χ0) is 22.5. The van der Waals surface area contributed by atoms with Gasteiger partial charge in [0.25, 0.3) is 5.91 Å². The molecule has 0 bridgehead atoms. The van der Waals surface area contributed by atoms with Gasteiger partial charge in [0.15, 0.2) is 0 Å². The molecule has 1 atom stereocenters. The molecule has 2 aromatic carbocycles. The van der Waals surface area contributed by atoms with Crippen LogP contribution in [0.15, 0.2) is 42.5 Å². The molecular weight excluding hydrogens is 423 g/mol. The maximum Gasteiger partial charge on any atom is 0.416 e. The third kappa shape index (κ3) is 6.13. The van der Waals surface area contributed by atoms with Gasteiger partial charge in [-0.2, -0.15) is 13.2 Å². The van der Waals surface area contributed by atoms with Crippen molar-refractivity contribution in [2.24, 2.45) is 5.92 Å². The summed E-state index contributed by atoms with van der Waals surface area (Å²) < 4.78 is 48.4. The minimum Gasteiger partial charge on any atom is -0.487 e. The average molecular weight is 444 g/mol. The lowest BCUT2D eigenvalue weighted by Crippen LogP contribution is -2.45. The first kappa shape index (κ1) is 23.5. The second-order valence-electron chi connectivity index (χ2n) is 6.85. The van der Waals surface area contributed by atoms with Gasteiger partial charge in [0, 0.05) is 5.56 Å². The van der Waals surface area contributed by atoms with Crippen LogP contribution in [0.25, 0.3) is 0 Å². The van der Waals surface area contributed by atoms with Gasteiger partial charge in [-0.1, -0.05) is 37.6 Å². The van der Waals surface area contributed by atoms with Crippen LogP contribution in [0.3, 0.4) is 0 Å². The fraction of sp³-hybridized carbons (Fsp3) is 0.333. The number of amides is 1. The number of benzene rings is 2. The first-order valence-electron chi connectivity index (χ1n) is 9.00. The maximum atomic E-state index is 12.7. The molecule has 0 saturated carbocycles. The third-order valence-electron chi connectivity index (χ3n) is 4.25. The van der Waals surface area contributed by atoms with Crippen molar-refractivity contribution in [2.45, 2.75) is 32.7 Å². The molecule has 2 rings (SSSR count). The number of esters is 1. The van der Waals surface area contributed by atoms with Gasteiger partial charge in [0.2, 0.25) is 0 Å². The largest absolute Gasteiger partial charge is 0.487 e. The van der Waals surface area contributed by atoms with Gasteiger partial charge < -0.3 is 14.8 Å². The summed E-state index contributed by atoms with van der Waals surface area (Å²) in [7, 11) is 1.24. The molecule has 0 aliphatic rings. The van der Waals surface area contributed by atoms with E-state index < -0.39 is 29.7 Å². The van der Waals surface area contributed by atoms with Gasteiger partial charge in [-0.3, -0.25) is 4.79 Å². The Labute approximate surface area is 177 Å². The summed E-state index contributed by atoms with van der Waals surface area (Å²) in [5.41, 5.74) is 0.0192. The van der Waals surface area contributed by atoms with Crippen molar-refractivity contribution >= 4 is 23.5 Å². The Hall–Kier alpha value is -2.74. The monoisotopic (exact) mass is 443 g/mol. The second-order valence-corrected chi connectivity index (χ2v) is 7.26. The van der Waals surface area contributed by atoms with Crippen LogP contribution in [0.4, 0.5) is 13.2 Å². The van der Waals surface area contributed by atoms with Gasteiger partial charge in [-0.05, 0) is 41.8 Å². The number of alkyl halides is 3. The molecule has 0 saturated heterocycles. The van der Waals surface area contributed by atoms with Crippen LogP contribution in [-0.2, 0) is 22.3 Å². The molecule has 1 amide bonds. The summed E-state index contributed by atoms with van der Waals surface area (Å²) in [6.07, 6.45) is -4.50. The van der Waals surface area contributed by atoms with Crippen LogP contribution < -0.4 is 10.1 Å². The molecular formula is C21H21ClF3NO4. The maximum absolute atomic E-state index is 12.7. The van der Waals surface area contributed by atoms with E-state index in [2.05, 4.69) is 5.32 Å². The van der Waals surface area contributed by atoms with E-state index >= 15 is 0 Å². The molecule has 0 fully saturated rings. The molecule has 0 aromatic heterocycles. The molecule has 5 nitrogen and oxygen atoms in total. The SMILES string of the molecule is COC(=O)[C@@H](NC(=O)c1cccc(COc2ccc(C(F)(F)F)cc2Cl)c1)C(C)C. The molecule has 0 unspecified atom stereocenters. The number of hydrogen-bond acceptors (Lipinski definition) is 4. The van der Waals surface area contributed by atoms with E-state index in [-0.39, 0.29) is 23.3 Å². The number of carbonyl (C=O) groups excluding carboxylic acids is 2. The normalized spacial score (nSPS) is 12.4. The lowest BCUT2D eigenvalue weighted by atomic mass is 10.0. The minimum absolute atomic E-state index is 0.0170. The third-order valence-corrected chi connectivity index (χ3v) is 4.55. The molecule has 0 heterocycles. The number of rotatable bonds is 7. The first-order chi connectivity index (χ1) is 14.0. The summed E-state index contributed by atoms with van der Waals surface area (Å²) in [4.78, 5) is 24.3. The van der Waals surface area contributed by atoms with E-state index in [1.807, 2.05) is 0 Å². The summed E-state index contributed by atoms with van der Waals surface area (Å²) in [6, 6.07) is 8.46. The molecule has 30 heavy (non-hydrogen) atoms. The minimum atomic E-state index is -4.50. The Morgan fingerprint density at radius 2 is 1.83 bits per heavy atom. The van der Waals surface area contributed by atoms with Crippen molar-refractivity contribution < 1.29 is 32.2 Å². The highest BCUT2D eigenvalue weighted by molar-refractivity contribution is 6.32. The van der Waals surface area contributed by atoms with Crippen LogP contribution >= 0.6 is 11.6 Å². The Balaban J connectivity index is 2.09. The van der Waals surface area contributed by atoms with Crippen LogP contribution in [-0.4, -0.2) is 25.0 Å². The van der Waals surface area contributed by atoms with Crippen LogP contribution in [0.1, 0.15) is 35.3 Å². The molecule has 0 aliphatic heterocycles. The predicted octanol–water partition coefficient (Wildman–Crippen LogP) is 4.87. The number of halogens is 4. The van der Waals surface area contributed by atoms with E-state index in [1.165, 1.54) is 7.11 Å². The highest BCUT2D eigenvalue weighted by atomic mass is 35.5. The van der Waals surface area contributed by atoms with E-state index in [9.17, 15) is 22.8 Å². The van der Waals surface area contributed by atoms with Crippen molar-refractivity contribution in [3.8, 4) is 5.75 Å². The van der Waals surface area contributed by atoms with Gasteiger partial charge in [-0.15, -0.1) is 0 Å². The van der Waals surface area contributed by atoms with Gasteiger partial charge in [0.1, 0.15) is 18.4 Å². The molecule has 9 heteroatoms. The zero-order valence-electron chi connectivity index (χ0n) is 16.5. The highest BCUT2D eigenvalue weighted by Gasteiger charge is 2.31. The first-order valence-corrected chi connectivity index (χ1v) is 9.38. The Bertz CT molecular complexity index is 915. The van der Waals surface area contributed by atoms with Crippen molar-refractivity contribution in [3.63, 3.8) is 0 Å². The number of ether oxygens (including phenoxy) is 2. The molecule has 0 spiro atoms. The smallest absolute Gasteiger partial charge is 0.416 e. The summed E-state index contributed by atoms with van der Waals surface area (Å²) in [5.74, 6) is -1.09. The van der Waals surface area contributed by atoms with Crippen molar-refractivity contribution in [3.05, 3.63) is 64.2 Å². The quantitative estimate of drug-likeness (QED) is 0.620. The Morgan fingerprint density at radius 3 is 2.40 bits per heavy atom. The van der Waals surface area contributed by atoms with Crippen LogP contribution in [0.5, 0.6) is 5.75 Å². The number of carbonyl (C=O) groups is 2. The molecule has 1 N–H and O–H groups in total. The lowest BCUT2D eigenvalue weighted by Gasteiger charge is -2.20. The molecule has 0 radical (unpaired) electrons. The van der Waals surface area contributed by atoms with Crippen molar-refractivity contribution in [1.29, 1.82) is 0 Å². The number of nitrogens with one attached hydrogen (secondary N) is 1. The van der Waals surface area contributed by atoms with Crippen molar-refractivity contribution in [1.82, 2.24) is 5.32 Å².